The van der Waals surface area contributed by atoms with E-state index in [-0.39, 0.29) is 11.7 Å². The van der Waals surface area contributed by atoms with Gasteiger partial charge in [-0.2, -0.15) is 0 Å². The fourth-order valence-corrected chi connectivity index (χ4v) is 2.89. The maximum Gasteiger partial charge on any atom is 0.297 e. The Balaban J connectivity index is 1.67. The number of nitrogens with one attached hydrogen (secondary N) is 1. The molecule has 1 aromatic carbocycles. The monoisotopic (exact) mass is 283 g/mol. The second kappa shape index (κ2) is 4.58. The largest absolute Gasteiger partial charge is 0.398 e. The van der Waals surface area contributed by atoms with Crippen molar-refractivity contribution in [1.29, 1.82) is 0 Å². The smallest absolute Gasteiger partial charge is 0.297 e. The lowest BCUT2D eigenvalue weighted by atomic mass is 10.00. The Hall–Kier alpha value is -2.37. The van der Waals surface area contributed by atoms with Gasteiger partial charge in [0.05, 0.1) is 0 Å². The van der Waals surface area contributed by atoms with Crippen molar-refractivity contribution in [3.63, 3.8) is 0 Å². The van der Waals surface area contributed by atoms with Gasteiger partial charge in [-0.1, -0.05) is 6.07 Å². The van der Waals surface area contributed by atoms with Gasteiger partial charge in [0.1, 0.15) is 5.82 Å². The van der Waals surface area contributed by atoms with Gasteiger partial charge in [0, 0.05) is 23.8 Å². The molecule has 1 aromatic heterocycles. The molecule has 2 heterocycles. The van der Waals surface area contributed by atoms with Crippen LogP contribution in [0.5, 0.6) is 0 Å². The molecule has 2 aliphatic rings. The zero-order valence-corrected chi connectivity index (χ0v) is 11.7. The lowest BCUT2D eigenvalue weighted by molar-refractivity contribution is 0.0975. The van der Waals surface area contributed by atoms with Crippen molar-refractivity contribution in [2.75, 3.05) is 17.2 Å². The van der Waals surface area contributed by atoms with E-state index in [1.54, 1.807) is 4.90 Å². The van der Waals surface area contributed by atoms with Crippen LogP contribution in [-0.2, 0) is 6.42 Å². The first-order chi connectivity index (χ1) is 10.2. The van der Waals surface area contributed by atoms with Gasteiger partial charge in [-0.05, 0) is 43.4 Å². The summed E-state index contributed by atoms with van der Waals surface area (Å²) in [4.78, 5) is 18.8. The molecule has 21 heavy (non-hydrogen) atoms. The minimum atomic E-state index is -0.148. The molecule has 0 radical (unpaired) electrons. The number of nitrogens with zero attached hydrogens (tertiary/aromatic N) is 3. The average molecular weight is 283 g/mol. The number of hydrogen-bond donors (Lipinski definition) is 2. The molecule has 3 N–H and O–H groups in total. The molecule has 1 saturated carbocycles. The van der Waals surface area contributed by atoms with Gasteiger partial charge in [-0.15, -0.1) is 5.10 Å². The quantitative estimate of drug-likeness (QED) is 0.823. The van der Waals surface area contributed by atoms with Crippen molar-refractivity contribution in [1.82, 2.24) is 15.2 Å². The van der Waals surface area contributed by atoms with Crippen molar-refractivity contribution in [3.05, 3.63) is 35.4 Å². The Kier molecular flexibility index (Phi) is 2.70. The van der Waals surface area contributed by atoms with Crippen LogP contribution < -0.4 is 10.6 Å². The van der Waals surface area contributed by atoms with Crippen LogP contribution in [0.3, 0.4) is 0 Å². The first kappa shape index (κ1) is 12.4. The highest BCUT2D eigenvalue weighted by Gasteiger charge is 2.31. The van der Waals surface area contributed by atoms with Crippen molar-refractivity contribution >= 4 is 17.3 Å². The molecule has 1 aliphatic heterocycles. The van der Waals surface area contributed by atoms with Crippen LogP contribution in [0.25, 0.3) is 0 Å². The first-order valence-corrected chi connectivity index (χ1v) is 7.35. The van der Waals surface area contributed by atoms with Crippen molar-refractivity contribution in [3.8, 4) is 0 Å². The highest BCUT2D eigenvalue weighted by Crippen LogP contribution is 2.38. The average Bonchev–Trinajstić information content (AvgIpc) is 3.24. The molecule has 0 unspecified atom stereocenters. The Morgan fingerprint density at radius 2 is 2.24 bits per heavy atom. The summed E-state index contributed by atoms with van der Waals surface area (Å²) in [5, 5.41) is 6.98. The molecule has 1 aliphatic carbocycles. The molecule has 0 saturated heterocycles. The standard InChI is InChI=1S/C15H17N5O/c16-11-4-1-5-12-10(11)3-2-8-20(12)15(21)14-17-13(18-19-14)9-6-7-9/h1,4-5,9H,2-3,6-8,16H2,(H,17,18,19). The number of hydrogen-bond acceptors (Lipinski definition) is 4. The normalized spacial score (nSPS) is 17.6. The van der Waals surface area contributed by atoms with Crippen LogP contribution in [-0.4, -0.2) is 27.6 Å². The van der Waals surface area contributed by atoms with Crippen molar-refractivity contribution in [2.24, 2.45) is 0 Å². The number of H-pyrrole nitrogens is 1. The summed E-state index contributed by atoms with van der Waals surface area (Å²) in [5.41, 5.74) is 8.71. The van der Waals surface area contributed by atoms with Gasteiger partial charge < -0.3 is 10.6 Å². The van der Waals surface area contributed by atoms with Crippen LogP contribution in [0, 0.1) is 0 Å². The van der Waals surface area contributed by atoms with Gasteiger partial charge in [-0.3, -0.25) is 9.89 Å². The molecule has 6 nitrogen and oxygen atoms in total. The number of nitrogens with two attached hydrogens (primary N) is 1. The molecular formula is C15H17N5O. The van der Waals surface area contributed by atoms with Gasteiger partial charge >= 0.3 is 0 Å². The van der Waals surface area contributed by atoms with Gasteiger partial charge in [-0.25, -0.2) is 4.98 Å². The van der Waals surface area contributed by atoms with Crippen LogP contribution >= 0.6 is 0 Å². The first-order valence-electron chi connectivity index (χ1n) is 7.35. The highest BCUT2D eigenvalue weighted by molar-refractivity contribution is 6.04. The van der Waals surface area contributed by atoms with E-state index in [4.69, 9.17) is 5.73 Å². The predicted molar refractivity (Wildman–Crippen MR) is 79.2 cm³/mol. The number of amides is 1. The Bertz CT molecular complexity index is 704. The minimum Gasteiger partial charge on any atom is -0.398 e. The maximum absolute atomic E-state index is 12.7. The third-order valence-electron chi connectivity index (χ3n) is 4.19. The number of rotatable bonds is 2. The van der Waals surface area contributed by atoms with E-state index in [1.807, 2.05) is 18.2 Å². The topological polar surface area (TPSA) is 87.9 Å². The van der Waals surface area contributed by atoms with Crippen LogP contribution in [0.4, 0.5) is 11.4 Å². The van der Waals surface area contributed by atoms with E-state index in [0.717, 1.165) is 48.4 Å². The lowest BCUT2D eigenvalue weighted by Crippen LogP contribution is -2.36. The van der Waals surface area contributed by atoms with E-state index in [9.17, 15) is 4.79 Å². The predicted octanol–water partition coefficient (Wildman–Crippen LogP) is 1.86. The Labute approximate surface area is 122 Å². The maximum atomic E-state index is 12.7. The second-order valence-corrected chi connectivity index (χ2v) is 5.72. The second-order valence-electron chi connectivity index (χ2n) is 5.72. The van der Waals surface area contributed by atoms with Crippen molar-refractivity contribution < 1.29 is 4.79 Å². The number of aromatic nitrogens is 3. The summed E-state index contributed by atoms with van der Waals surface area (Å²) >= 11 is 0. The molecule has 1 amide bonds. The summed E-state index contributed by atoms with van der Waals surface area (Å²) < 4.78 is 0. The third kappa shape index (κ3) is 2.07. The number of benzene rings is 1. The summed E-state index contributed by atoms with van der Waals surface area (Å²) in [6, 6.07) is 5.70. The number of aromatic amines is 1. The van der Waals surface area contributed by atoms with E-state index in [0.29, 0.717) is 12.5 Å². The lowest BCUT2D eigenvalue weighted by Gasteiger charge is -2.29. The Morgan fingerprint density at radius 3 is 3.05 bits per heavy atom. The van der Waals surface area contributed by atoms with Crippen LogP contribution in [0.2, 0.25) is 0 Å². The molecule has 0 atom stereocenters. The zero-order valence-electron chi connectivity index (χ0n) is 11.7. The minimum absolute atomic E-state index is 0.148. The summed E-state index contributed by atoms with van der Waals surface area (Å²) in [6.07, 6.45) is 4.08. The summed E-state index contributed by atoms with van der Waals surface area (Å²) in [6.45, 7) is 0.683. The zero-order chi connectivity index (χ0) is 14.4. The molecule has 4 rings (SSSR count). The van der Waals surface area contributed by atoms with Crippen LogP contribution in [0.15, 0.2) is 18.2 Å². The molecule has 108 valence electrons. The van der Waals surface area contributed by atoms with E-state index < -0.39 is 0 Å². The molecule has 2 aromatic rings. The van der Waals surface area contributed by atoms with E-state index in [2.05, 4.69) is 15.2 Å². The van der Waals surface area contributed by atoms with E-state index in [1.165, 1.54) is 0 Å². The fraction of sp³-hybridized carbons (Fsp3) is 0.400. The molecule has 0 spiro atoms. The number of carbonyl (C=O) groups excluding carboxylic acids is 1. The molecule has 6 heteroatoms. The van der Waals surface area contributed by atoms with Gasteiger partial charge in [0.15, 0.2) is 0 Å². The van der Waals surface area contributed by atoms with Crippen LogP contribution in [0.1, 0.15) is 47.2 Å². The summed E-state index contributed by atoms with van der Waals surface area (Å²) in [5.74, 6) is 1.41. The molecule has 0 bridgehead atoms. The van der Waals surface area contributed by atoms with Gasteiger partial charge in [0.25, 0.3) is 5.91 Å². The molecule has 1 fully saturated rings. The SMILES string of the molecule is Nc1cccc2c1CCCN2C(=O)c1n[nH]c(C2CC2)n1. The number of carbonyl (C=O) groups is 1. The summed E-state index contributed by atoms with van der Waals surface area (Å²) in [7, 11) is 0. The van der Waals surface area contributed by atoms with Crippen molar-refractivity contribution in [2.45, 2.75) is 31.6 Å². The number of nitrogen functional groups attached to an aromatic ring is 1. The number of fused-ring (bicyclic) bond motifs is 1. The van der Waals surface area contributed by atoms with E-state index >= 15 is 0 Å². The molecular weight excluding hydrogens is 266 g/mol. The fourth-order valence-electron chi connectivity index (χ4n) is 2.89. The highest BCUT2D eigenvalue weighted by atomic mass is 16.2. The third-order valence-corrected chi connectivity index (χ3v) is 4.19. The Morgan fingerprint density at radius 1 is 1.38 bits per heavy atom. The number of anilines is 2. The van der Waals surface area contributed by atoms with Gasteiger partial charge in [0.2, 0.25) is 5.82 Å².